The number of hydrogen-bond donors (Lipinski definition) is 2. The molecule has 0 aliphatic carbocycles. The highest BCUT2D eigenvalue weighted by molar-refractivity contribution is 5.58. The molecule has 0 spiro atoms. The second-order valence-electron chi connectivity index (χ2n) is 5.15. The lowest BCUT2D eigenvalue weighted by molar-refractivity contribution is -0.136. The van der Waals surface area contributed by atoms with E-state index in [1.54, 1.807) is 6.07 Å². The van der Waals surface area contributed by atoms with Crippen LogP contribution in [0.25, 0.3) is 0 Å². The minimum Gasteiger partial charge on any atom is -0.398 e. The minimum atomic E-state index is -4.42. The summed E-state index contributed by atoms with van der Waals surface area (Å²) < 4.78 is 38.1. The van der Waals surface area contributed by atoms with E-state index in [2.05, 4.69) is 24.1 Å². The molecule has 3 nitrogen and oxygen atoms in total. The van der Waals surface area contributed by atoms with Crippen LogP contribution < -0.4 is 11.1 Å². The summed E-state index contributed by atoms with van der Waals surface area (Å²) >= 11 is 0. The Bertz CT molecular complexity index is 430. The van der Waals surface area contributed by atoms with Crippen LogP contribution in [-0.4, -0.2) is 31.1 Å². The summed E-state index contributed by atoms with van der Waals surface area (Å²) in [7, 11) is 2.02. The average molecular weight is 289 g/mol. The topological polar surface area (TPSA) is 41.3 Å². The first kappa shape index (κ1) is 16.6. The fourth-order valence-electron chi connectivity index (χ4n) is 1.73. The first-order valence-electron chi connectivity index (χ1n) is 6.62. The monoisotopic (exact) mass is 289 g/mol. The quantitative estimate of drug-likeness (QED) is 0.623. The molecule has 0 aliphatic rings. The van der Waals surface area contributed by atoms with Gasteiger partial charge in [-0.05, 0) is 52.1 Å². The zero-order chi connectivity index (χ0) is 15.3. The van der Waals surface area contributed by atoms with E-state index in [0.717, 1.165) is 19.0 Å². The van der Waals surface area contributed by atoms with Crippen LogP contribution in [0.2, 0.25) is 0 Å². The Kier molecular flexibility index (Phi) is 5.68. The van der Waals surface area contributed by atoms with Crippen molar-refractivity contribution in [1.29, 1.82) is 0 Å². The SMILES string of the molecule is CC(C)N(C)CCCNc1ccc(N)c(C(F)(F)F)c1. The van der Waals surface area contributed by atoms with Crippen molar-refractivity contribution in [2.45, 2.75) is 32.5 Å². The number of nitrogens with one attached hydrogen (secondary N) is 1. The predicted octanol–water partition coefficient (Wildman–Crippen LogP) is 3.43. The van der Waals surface area contributed by atoms with Crippen LogP contribution in [-0.2, 0) is 6.18 Å². The van der Waals surface area contributed by atoms with Gasteiger partial charge in [-0.2, -0.15) is 13.2 Å². The molecule has 1 aromatic rings. The van der Waals surface area contributed by atoms with Crippen molar-refractivity contribution >= 4 is 11.4 Å². The van der Waals surface area contributed by atoms with E-state index in [9.17, 15) is 13.2 Å². The number of nitrogens with two attached hydrogens (primary N) is 1. The van der Waals surface area contributed by atoms with Crippen molar-refractivity contribution < 1.29 is 13.2 Å². The highest BCUT2D eigenvalue weighted by atomic mass is 19.4. The molecule has 0 amide bonds. The van der Waals surface area contributed by atoms with E-state index < -0.39 is 11.7 Å². The van der Waals surface area contributed by atoms with Gasteiger partial charge in [-0.15, -0.1) is 0 Å². The third-order valence-electron chi connectivity index (χ3n) is 3.26. The molecule has 0 saturated carbocycles. The van der Waals surface area contributed by atoms with Crippen molar-refractivity contribution in [3.8, 4) is 0 Å². The van der Waals surface area contributed by atoms with E-state index >= 15 is 0 Å². The molecule has 0 aromatic heterocycles. The van der Waals surface area contributed by atoms with E-state index in [4.69, 9.17) is 5.73 Å². The van der Waals surface area contributed by atoms with Gasteiger partial charge >= 0.3 is 6.18 Å². The van der Waals surface area contributed by atoms with Crippen LogP contribution in [0.1, 0.15) is 25.8 Å². The van der Waals surface area contributed by atoms with Crippen LogP contribution in [0.3, 0.4) is 0 Å². The number of rotatable bonds is 6. The Balaban J connectivity index is 2.53. The molecule has 0 unspecified atom stereocenters. The van der Waals surface area contributed by atoms with Gasteiger partial charge in [0.25, 0.3) is 0 Å². The molecular weight excluding hydrogens is 267 g/mol. The Morgan fingerprint density at radius 3 is 2.50 bits per heavy atom. The summed E-state index contributed by atoms with van der Waals surface area (Å²) in [5, 5.41) is 3.00. The summed E-state index contributed by atoms with van der Waals surface area (Å²) in [5.74, 6) is 0. The Morgan fingerprint density at radius 2 is 1.95 bits per heavy atom. The van der Waals surface area contributed by atoms with Gasteiger partial charge in [-0.25, -0.2) is 0 Å². The Labute approximate surface area is 117 Å². The number of alkyl halides is 3. The zero-order valence-electron chi connectivity index (χ0n) is 12.1. The minimum absolute atomic E-state index is 0.248. The van der Waals surface area contributed by atoms with Crippen LogP contribution in [0.15, 0.2) is 18.2 Å². The maximum atomic E-state index is 12.7. The molecule has 20 heavy (non-hydrogen) atoms. The van der Waals surface area contributed by atoms with Gasteiger partial charge in [0.1, 0.15) is 0 Å². The molecule has 0 radical (unpaired) electrons. The number of halogens is 3. The largest absolute Gasteiger partial charge is 0.418 e. The molecule has 0 heterocycles. The van der Waals surface area contributed by atoms with Gasteiger partial charge in [0, 0.05) is 24.0 Å². The number of nitrogens with zero attached hydrogens (tertiary/aromatic N) is 1. The molecule has 1 rings (SSSR count). The number of benzene rings is 1. The molecule has 0 aliphatic heterocycles. The van der Waals surface area contributed by atoms with Crippen LogP contribution in [0, 0.1) is 0 Å². The number of anilines is 2. The molecule has 0 saturated heterocycles. The molecule has 6 heteroatoms. The third-order valence-corrected chi connectivity index (χ3v) is 3.26. The highest BCUT2D eigenvalue weighted by Crippen LogP contribution is 2.35. The number of nitrogen functional groups attached to an aromatic ring is 1. The highest BCUT2D eigenvalue weighted by Gasteiger charge is 2.33. The molecule has 114 valence electrons. The first-order valence-corrected chi connectivity index (χ1v) is 6.62. The van der Waals surface area contributed by atoms with Gasteiger partial charge in [0.15, 0.2) is 0 Å². The van der Waals surface area contributed by atoms with Gasteiger partial charge in [-0.1, -0.05) is 0 Å². The molecule has 1 aromatic carbocycles. The molecule has 0 bridgehead atoms. The van der Waals surface area contributed by atoms with Crippen molar-refractivity contribution in [1.82, 2.24) is 4.90 Å². The molecular formula is C14H22F3N3. The fraction of sp³-hybridized carbons (Fsp3) is 0.571. The summed E-state index contributed by atoms with van der Waals surface area (Å²) in [6, 6.07) is 4.37. The smallest absolute Gasteiger partial charge is 0.398 e. The van der Waals surface area contributed by atoms with Gasteiger partial charge < -0.3 is 16.0 Å². The molecule has 3 N–H and O–H groups in total. The Hall–Kier alpha value is -1.43. The second kappa shape index (κ2) is 6.83. The van der Waals surface area contributed by atoms with Crippen LogP contribution in [0.4, 0.5) is 24.5 Å². The van der Waals surface area contributed by atoms with Gasteiger partial charge in [-0.3, -0.25) is 0 Å². The van der Waals surface area contributed by atoms with Crippen LogP contribution >= 0.6 is 0 Å². The first-order chi connectivity index (χ1) is 9.21. The van der Waals surface area contributed by atoms with E-state index in [1.807, 2.05) is 7.05 Å². The predicted molar refractivity (Wildman–Crippen MR) is 76.7 cm³/mol. The van der Waals surface area contributed by atoms with Crippen LogP contribution in [0.5, 0.6) is 0 Å². The maximum Gasteiger partial charge on any atom is 0.418 e. The average Bonchev–Trinajstić information content (AvgIpc) is 2.34. The fourth-order valence-corrected chi connectivity index (χ4v) is 1.73. The van der Waals surface area contributed by atoms with Crippen molar-refractivity contribution in [3.63, 3.8) is 0 Å². The van der Waals surface area contributed by atoms with Crippen molar-refractivity contribution in [2.75, 3.05) is 31.2 Å². The second-order valence-corrected chi connectivity index (χ2v) is 5.15. The Morgan fingerprint density at radius 1 is 1.30 bits per heavy atom. The molecule has 0 atom stereocenters. The van der Waals surface area contributed by atoms with E-state index in [0.29, 0.717) is 18.3 Å². The summed E-state index contributed by atoms with van der Waals surface area (Å²) in [4.78, 5) is 2.19. The normalized spacial score (nSPS) is 12.2. The third kappa shape index (κ3) is 4.92. The maximum absolute atomic E-state index is 12.7. The number of hydrogen-bond acceptors (Lipinski definition) is 3. The summed E-state index contributed by atoms with van der Waals surface area (Å²) in [6.45, 7) is 5.72. The van der Waals surface area contributed by atoms with Crippen molar-refractivity contribution in [3.05, 3.63) is 23.8 Å². The zero-order valence-corrected chi connectivity index (χ0v) is 12.1. The van der Waals surface area contributed by atoms with Gasteiger partial charge in [0.2, 0.25) is 0 Å². The van der Waals surface area contributed by atoms with Crippen molar-refractivity contribution in [2.24, 2.45) is 0 Å². The molecule has 0 fully saturated rings. The lowest BCUT2D eigenvalue weighted by atomic mass is 10.1. The lowest BCUT2D eigenvalue weighted by Crippen LogP contribution is -2.28. The lowest BCUT2D eigenvalue weighted by Gasteiger charge is -2.21. The standard InChI is InChI=1S/C14H22F3N3/c1-10(2)20(3)8-4-7-19-11-5-6-13(18)12(9-11)14(15,16)17/h5-6,9-10,19H,4,7-8,18H2,1-3H3. The van der Waals surface area contributed by atoms with Gasteiger partial charge in [0.05, 0.1) is 5.56 Å². The van der Waals surface area contributed by atoms with E-state index in [-0.39, 0.29) is 5.69 Å². The summed E-state index contributed by atoms with van der Waals surface area (Å²) in [5.41, 5.74) is 4.75. The summed E-state index contributed by atoms with van der Waals surface area (Å²) in [6.07, 6.45) is -3.56. The van der Waals surface area contributed by atoms with E-state index in [1.165, 1.54) is 6.07 Å².